The molecule has 0 radical (unpaired) electrons. The van der Waals surface area contributed by atoms with Crippen LogP contribution in [-0.2, 0) is 18.9 Å². The molecular formula is C14H28N2O12. The van der Waals surface area contributed by atoms with E-state index in [4.69, 9.17) is 24.2 Å². The number of ether oxygens (including phenoxy) is 4. The minimum Gasteiger partial charge on any atom is -0.394 e. The van der Waals surface area contributed by atoms with Crippen LogP contribution in [0, 0.1) is 0 Å². The highest BCUT2D eigenvalue weighted by molar-refractivity contribution is 4.94. The van der Waals surface area contributed by atoms with Crippen LogP contribution < -0.4 is 5.43 Å². The number of hydrogen-bond donors (Lipinski definition) is 9. The molecule has 14 nitrogen and oxygen atoms in total. The second-order valence-electron chi connectivity index (χ2n) is 6.50. The zero-order valence-electron chi connectivity index (χ0n) is 15.1. The van der Waals surface area contributed by atoms with Crippen molar-refractivity contribution in [1.82, 2.24) is 10.6 Å². The molecule has 2 heterocycles. The van der Waals surface area contributed by atoms with Gasteiger partial charge in [-0.05, 0) is 0 Å². The summed E-state index contributed by atoms with van der Waals surface area (Å²) in [6.07, 6.45) is -15.2. The highest BCUT2D eigenvalue weighted by Crippen LogP contribution is 2.29. The number of nitrogens with zero attached hydrogens (tertiary/aromatic N) is 1. The first-order valence-corrected chi connectivity index (χ1v) is 8.57. The van der Waals surface area contributed by atoms with E-state index in [1.54, 1.807) is 0 Å². The molecule has 14 heteroatoms. The topological polar surface area (TPSA) is 214 Å². The molecule has 0 amide bonds. The molecule has 0 bridgehead atoms. The lowest BCUT2D eigenvalue weighted by Crippen LogP contribution is -2.64. The van der Waals surface area contributed by atoms with Gasteiger partial charge in [0, 0.05) is 7.05 Å². The van der Waals surface area contributed by atoms with Crippen molar-refractivity contribution in [3.63, 3.8) is 0 Å². The molecule has 0 aromatic carbocycles. The van der Waals surface area contributed by atoms with Crippen molar-refractivity contribution in [2.75, 3.05) is 27.0 Å². The van der Waals surface area contributed by atoms with Crippen LogP contribution in [0.1, 0.15) is 0 Å². The molecule has 0 spiro atoms. The van der Waals surface area contributed by atoms with Gasteiger partial charge < -0.3 is 54.7 Å². The van der Waals surface area contributed by atoms with E-state index >= 15 is 0 Å². The van der Waals surface area contributed by atoms with Gasteiger partial charge in [-0.1, -0.05) is 0 Å². The summed E-state index contributed by atoms with van der Waals surface area (Å²) in [6.45, 7) is -1.64. The quantitative estimate of drug-likeness (QED) is 0.133. The Balaban J connectivity index is 2.04. The number of aliphatic hydroxyl groups is 7. The molecule has 0 aromatic rings. The summed E-state index contributed by atoms with van der Waals surface area (Å²) in [6, 6.07) is 0. The largest absolute Gasteiger partial charge is 0.394 e. The normalized spacial score (nSPS) is 44.8. The van der Waals surface area contributed by atoms with Gasteiger partial charge in [0.05, 0.1) is 13.2 Å². The van der Waals surface area contributed by atoms with E-state index in [9.17, 15) is 35.7 Å². The number of hydroxylamine groups is 1. The third-order valence-corrected chi connectivity index (χ3v) is 4.50. The predicted octanol–water partition coefficient (Wildman–Crippen LogP) is -5.59. The summed E-state index contributed by atoms with van der Waals surface area (Å²) in [7, 11) is 1.28. The molecule has 9 N–H and O–H groups in total. The Morgan fingerprint density at radius 1 is 0.821 bits per heavy atom. The van der Waals surface area contributed by atoms with Gasteiger partial charge in [0.25, 0.3) is 0 Å². The summed E-state index contributed by atoms with van der Waals surface area (Å²) in [5.41, 5.74) is 2.34. The van der Waals surface area contributed by atoms with E-state index in [1.807, 2.05) is 0 Å². The first-order valence-electron chi connectivity index (χ1n) is 8.57. The van der Waals surface area contributed by atoms with Crippen LogP contribution in [0.4, 0.5) is 0 Å². The molecule has 2 saturated heterocycles. The molecule has 0 unspecified atom stereocenters. The Hall–Kier alpha value is -0.560. The number of aliphatic hydroxyl groups excluding tert-OH is 7. The standard InChI is InChI=1S/C14H28N2O12/c1-16(24)15-4-25-13-11(23)9(21)12(6(3-18)27-13)28-14-10(22)8(20)7(19)5(2-17)26-14/h5-15,17-24H,2-4H2,1H3/t5-,6-,7-,8+,9-,10-,11-,12-,13-,14+/m1/s1. The summed E-state index contributed by atoms with van der Waals surface area (Å²) in [4.78, 5) is 0. The zero-order chi connectivity index (χ0) is 21.0. The lowest BCUT2D eigenvalue weighted by Gasteiger charge is -2.45. The Labute approximate surface area is 160 Å². The lowest BCUT2D eigenvalue weighted by molar-refractivity contribution is -0.361. The van der Waals surface area contributed by atoms with Gasteiger partial charge in [-0.2, -0.15) is 0 Å². The fourth-order valence-corrected chi connectivity index (χ4v) is 2.91. The van der Waals surface area contributed by atoms with Crippen LogP contribution in [0.5, 0.6) is 0 Å². The van der Waals surface area contributed by atoms with Crippen LogP contribution in [-0.4, -0.2) is 135 Å². The number of hydrazine groups is 1. The molecule has 2 rings (SSSR count). The van der Waals surface area contributed by atoms with E-state index in [0.29, 0.717) is 5.17 Å². The van der Waals surface area contributed by atoms with Crippen LogP contribution in [0.3, 0.4) is 0 Å². The highest BCUT2D eigenvalue weighted by Gasteiger charge is 2.50. The van der Waals surface area contributed by atoms with Gasteiger partial charge >= 0.3 is 0 Å². The molecule has 0 aromatic heterocycles. The first-order chi connectivity index (χ1) is 13.2. The van der Waals surface area contributed by atoms with Gasteiger partial charge in [0.1, 0.15) is 55.6 Å². The molecule has 10 atom stereocenters. The van der Waals surface area contributed by atoms with E-state index in [2.05, 4.69) is 5.43 Å². The summed E-state index contributed by atoms with van der Waals surface area (Å²) < 4.78 is 21.1. The molecule has 0 aliphatic carbocycles. The maximum absolute atomic E-state index is 10.4. The fraction of sp³-hybridized carbons (Fsp3) is 1.00. The number of nitrogens with one attached hydrogen (secondary N) is 1. The maximum atomic E-state index is 10.4. The molecule has 0 saturated carbocycles. The highest BCUT2D eigenvalue weighted by atomic mass is 16.7. The molecular weight excluding hydrogens is 388 g/mol. The molecule has 166 valence electrons. The number of rotatable bonds is 8. The van der Waals surface area contributed by atoms with Crippen molar-refractivity contribution < 1.29 is 59.9 Å². The monoisotopic (exact) mass is 416 g/mol. The van der Waals surface area contributed by atoms with Crippen molar-refractivity contribution in [1.29, 1.82) is 0 Å². The van der Waals surface area contributed by atoms with Gasteiger partial charge in [0.15, 0.2) is 12.6 Å². The van der Waals surface area contributed by atoms with Crippen LogP contribution >= 0.6 is 0 Å². The fourth-order valence-electron chi connectivity index (χ4n) is 2.91. The van der Waals surface area contributed by atoms with Gasteiger partial charge in [-0.3, -0.25) is 5.21 Å². The Kier molecular flexibility index (Phi) is 8.86. The van der Waals surface area contributed by atoms with Crippen LogP contribution in [0.15, 0.2) is 0 Å². The molecule has 2 aliphatic rings. The maximum Gasteiger partial charge on any atom is 0.188 e. The second-order valence-corrected chi connectivity index (χ2v) is 6.50. The minimum absolute atomic E-state index is 0.294. The van der Waals surface area contributed by atoms with Gasteiger partial charge in [-0.15, -0.1) is 5.17 Å². The average molecular weight is 416 g/mol. The van der Waals surface area contributed by atoms with E-state index in [1.165, 1.54) is 7.05 Å². The number of hydrogen-bond acceptors (Lipinski definition) is 14. The Bertz CT molecular complexity index is 470. The third kappa shape index (κ3) is 5.32. The Morgan fingerprint density at radius 2 is 1.39 bits per heavy atom. The average Bonchev–Trinajstić information content (AvgIpc) is 2.66. The van der Waals surface area contributed by atoms with Crippen molar-refractivity contribution in [2.45, 2.75) is 61.4 Å². The van der Waals surface area contributed by atoms with Crippen molar-refractivity contribution in [3.05, 3.63) is 0 Å². The predicted molar refractivity (Wildman–Crippen MR) is 85.0 cm³/mol. The van der Waals surface area contributed by atoms with E-state index in [-0.39, 0.29) is 6.73 Å². The molecule has 28 heavy (non-hydrogen) atoms. The Morgan fingerprint density at radius 3 is 1.96 bits per heavy atom. The zero-order valence-corrected chi connectivity index (χ0v) is 15.1. The second kappa shape index (κ2) is 10.5. The van der Waals surface area contributed by atoms with Crippen LogP contribution in [0.25, 0.3) is 0 Å². The van der Waals surface area contributed by atoms with Crippen LogP contribution in [0.2, 0.25) is 0 Å². The smallest absolute Gasteiger partial charge is 0.188 e. The van der Waals surface area contributed by atoms with E-state index < -0.39 is 74.6 Å². The van der Waals surface area contributed by atoms with Gasteiger partial charge in [0.2, 0.25) is 0 Å². The van der Waals surface area contributed by atoms with E-state index in [0.717, 1.165) is 0 Å². The summed E-state index contributed by atoms with van der Waals surface area (Å²) in [5, 5.41) is 78.5. The molecule has 2 aliphatic heterocycles. The SMILES string of the molecule is CN(O)NCO[C@@H]1O[C@H](CO)[C@@H](O[C@@H]2O[C@H](CO)[C@@H](O)[C@H](O)[C@H]2O)[C@H](O)[C@H]1O. The van der Waals surface area contributed by atoms with Crippen molar-refractivity contribution >= 4 is 0 Å². The lowest BCUT2D eigenvalue weighted by atomic mass is 9.97. The first kappa shape index (κ1) is 23.7. The van der Waals surface area contributed by atoms with Crippen molar-refractivity contribution in [3.8, 4) is 0 Å². The third-order valence-electron chi connectivity index (χ3n) is 4.50. The minimum atomic E-state index is -1.74. The van der Waals surface area contributed by atoms with Crippen molar-refractivity contribution in [2.24, 2.45) is 0 Å². The molecule has 2 fully saturated rings. The van der Waals surface area contributed by atoms with Gasteiger partial charge in [-0.25, -0.2) is 5.43 Å². The summed E-state index contributed by atoms with van der Waals surface area (Å²) >= 11 is 0. The summed E-state index contributed by atoms with van der Waals surface area (Å²) in [5.74, 6) is 0.